The lowest BCUT2D eigenvalue weighted by Crippen LogP contribution is -2.32. The fourth-order valence-electron chi connectivity index (χ4n) is 2.76. The van der Waals surface area contributed by atoms with Crippen LogP contribution >= 0.6 is 0 Å². The monoisotopic (exact) mass is 361 g/mol. The van der Waals surface area contributed by atoms with Crippen molar-refractivity contribution in [3.8, 4) is 17.2 Å². The fourth-order valence-corrected chi connectivity index (χ4v) is 2.76. The van der Waals surface area contributed by atoms with Gasteiger partial charge < -0.3 is 23.9 Å². The second kappa shape index (κ2) is 7.96. The zero-order valence-electron chi connectivity index (χ0n) is 14.3. The van der Waals surface area contributed by atoms with Crippen molar-refractivity contribution < 1.29 is 28.6 Å². The van der Waals surface area contributed by atoms with Crippen LogP contribution in [0.5, 0.6) is 5.75 Å². The molecule has 138 valence electrons. The number of hydrogen-bond acceptors (Lipinski definition) is 7. The fraction of sp³-hybridized carbons (Fsp3) is 0.412. The molecule has 1 aromatic carbocycles. The van der Waals surface area contributed by atoms with E-state index in [0.717, 1.165) is 11.3 Å². The van der Waals surface area contributed by atoms with Gasteiger partial charge in [-0.25, -0.2) is 4.79 Å². The number of methoxy groups -OCH3 is 1. The number of carbonyl (C=O) groups is 2. The van der Waals surface area contributed by atoms with E-state index in [0.29, 0.717) is 31.3 Å². The van der Waals surface area contributed by atoms with Gasteiger partial charge in [0.1, 0.15) is 19.0 Å². The molecule has 1 N–H and O–H groups in total. The number of carbonyl (C=O) groups excluding carboxylic acids is 1. The number of rotatable bonds is 7. The summed E-state index contributed by atoms with van der Waals surface area (Å²) in [4.78, 5) is 24.0. The molecule has 0 saturated carbocycles. The van der Waals surface area contributed by atoms with Crippen LogP contribution in [0.2, 0.25) is 0 Å². The van der Waals surface area contributed by atoms with Gasteiger partial charge in [-0.2, -0.15) is 0 Å². The third kappa shape index (κ3) is 4.17. The highest BCUT2D eigenvalue weighted by atomic mass is 16.5. The summed E-state index contributed by atoms with van der Waals surface area (Å²) in [7, 11) is 1.60. The summed E-state index contributed by atoms with van der Waals surface area (Å²) in [5.41, 5.74) is 0.789. The van der Waals surface area contributed by atoms with Crippen molar-refractivity contribution in [1.29, 1.82) is 0 Å². The summed E-state index contributed by atoms with van der Waals surface area (Å²) in [6, 6.07) is 7.29. The van der Waals surface area contributed by atoms with Gasteiger partial charge in [-0.15, -0.1) is 10.2 Å². The van der Waals surface area contributed by atoms with Gasteiger partial charge in [0.05, 0.1) is 13.0 Å². The molecule has 1 atom stereocenters. The van der Waals surface area contributed by atoms with Gasteiger partial charge in [-0.3, -0.25) is 4.79 Å². The lowest BCUT2D eigenvalue weighted by molar-refractivity contribution is -0.145. The molecule has 9 nitrogen and oxygen atoms in total. The zero-order chi connectivity index (χ0) is 18.5. The summed E-state index contributed by atoms with van der Waals surface area (Å²) in [5, 5.41) is 16.7. The molecule has 3 rings (SSSR count). The summed E-state index contributed by atoms with van der Waals surface area (Å²) >= 11 is 0. The van der Waals surface area contributed by atoms with E-state index in [2.05, 4.69) is 10.2 Å². The summed E-state index contributed by atoms with van der Waals surface area (Å²) in [5.74, 6) is 0.244. The maximum atomic E-state index is 12.0. The first-order chi connectivity index (χ1) is 12.6. The molecule has 1 saturated heterocycles. The minimum Gasteiger partial charge on any atom is -0.497 e. The second-order valence-electron chi connectivity index (χ2n) is 5.89. The lowest BCUT2D eigenvalue weighted by Gasteiger charge is -2.15. The molecular formula is C17H19N3O6. The predicted molar refractivity (Wildman–Crippen MR) is 88.7 cm³/mol. The van der Waals surface area contributed by atoms with Gasteiger partial charge in [-0.1, -0.05) is 0 Å². The Hall–Kier alpha value is -2.94. The van der Waals surface area contributed by atoms with E-state index in [1.165, 1.54) is 0 Å². The molecule has 1 aliphatic rings. The Balaban J connectivity index is 1.58. The first-order valence-electron chi connectivity index (χ1n) is 8.12. The number of benzene rings is 1. The van der Waals surface area contributed by atoms with Crippen LogP contribution in [0.25, 0.3) is 11.5 Å². The molecule has 1 fully saturated rings. The average molecular weight is 361 g/mol. The molecule has 9 heteroatoms. The predicted octanol–water partition coefficient (Wildman–Crippen LogP) is 1.16. The first-order valence-corrected chi connectivity index (χ1v) is 8.12. The number of amides is 1. The Morgan fingerprint density at radius 1 is 1.27 bits per heavy atom. The van der Waals surface area contributed by atoms with E-state index >= 15 is 0 Å². The Kier molecular flexibility index (Phi) is 5.47. The van der Waals surface area contributed by atoms with Crippen LogP contribution in [0.4, 0.5) is 0 Å². The number of hydrogen-bond donors (Lipinski definition) is 1. The molecule has 0 aliphatic carbocycles. The summed E-state index contributed by atoms with van der Waals surface area (Å²) < 4.78 is 15.7. The highest BCUT2D eigenvalue weighted by Crippen LogP contribution is 2.29. The summed E-state index contributed by atoms with van der Waals surface area (Å²) in [6.07, 6.45) is 0.703. The molecule has 2 heterocycles. The number of nitrogens with zero attached hydrogens (tertiary/aromatic N) is 3. The van der Waals surface area contributed by atoms with Crippen LogP contribution in [-0.4, -0.2) is 65.5 Å². The van der Waals surface area contributed by atoms with Crippen LogP contribution in [0, 0.1) is 0 Å². The molecule has 0 spiro atoms. The molecule has 1 amide bonds. The molecule has 2 aromatic rings. The van der Waals surface area contributed by atoms with Crippen molar-refractivity contribution >= 4 is 11.9 Å². The van der Waals surface area contributed by atoms with Crippen LogP contribution in [-0.2, 0) is 14.3 Å². The topological polar surface area (TPSA) is 115 Å². The quantitative estimate of drug-likeness (QED) is 0.781. The third-order valence-corrected chi connectivity index (χ3v) is 4.12. The SMILES string of the molecule is COc1ccc(-c2nnc(C3CCN(C(=O)COCC(=O)O)C3)o2)cc1. The van der Waals surface area contributed by atoms with E-state index in [1.54, 1.807) is 12.0 Å². The maximum Gasteiger partial charge on any atom is 0.329 e. The van der Waals surface area contributed by atoms with Crippen molar-refractivity contribution in [2.75, 3.05) is 33.4 Å². The molecule has 1 aliphatic heterocycles. The minimum absolute atomic E-state index is 0.0436. The molecule has 0 bridgehead atoms. The van der Waals surface area contributed by atoms with Crippen molar-refractivity contribution in [2.45, 2.75) is 12.3 Å². The van der Waals surface area contributed by atoms with E-state index in [4.69, 9.17) is 19.0 Å². The van der Waals surface area contributed by atoms with Crippen molar-refractivity contribution in [3.05, 3.63) is 30.2 Å². The number of aliphatic carboxylic acids is 1. The minimum atomic E-state index is -1.10. The van der Waals surface area contributed by atoms with E-state index in [-0.39, 0.29) is 18.4 Å². The van der Waals surface area contributed by atoms with Gasteiger partial charge in [0.15, 0.2) is 0 Å². The third-order valence-electron chi connectivity index (χ3n) is 4.12. The van der Waals surface area contributed by atoms with E-state index in [1.807, 2.05) is 24.3 Å². The highest BCUT2D eigenvalue weighted by molar-refractivity contribution is 5.78. The van der Waals surface area contributed by atoms with Crippen LogP contribution < -0.4 is 4.74 Å². The maximum absolute atomic E-state index is 12.0. The molecular weight excluding hydrogens is 342 g/mol. The Bertz CT molecular complexity index is 773. The average Bonchev–Trinajstić information content (AvgIpc) is 3.31. The zero-order valence-corrected chi connectivity index (χ0v) is 14.3. The van der Waals surface area contributed by atoms with Crippen molar-refractivity contribution in [2.24, 2.45) is 0 Å². The summed E-state index contributed by atoms with van der Waals surface area (Å²) in [6.45, 7) is 0.248. The van der Waals surface area contributed by atoms with Crippen LogP contribution in [0.15, 0.2) is 28.7 Å². The Morgan fingerprint density at radius 3 is 2.73 bits per heavy atom. The van der Waals surface area contributed by atoms with Crippen molar-refractivity contribution in [1.82, 2.24) is 15.1 Å². The Labute approximate surface area is 149 Å². The van der Waals surface area contributed by atoms with Crippen LogP contribution in [0.1, 0.15) is 18.2 Å². The van der Waals surface area contributed by atoms with Crippen LogP contribution in [0.3, 0.4) is 0 Å². The largest absolute Gasteiger partial charge is 0.497 e. The normalized spacial score (nSPS) is 16.7. The highest BCUT2D eigenvalue weighted by Gasteiger charge is 2.31. The van der Waals surface area contributed by atoms with Gasteiger partial charge >= 0.3 is 5.97 Å². The van der Waals surface area contributed by atoms with Gasteiger partial charge in [-0.05, 0) is 30.7 Å². The van der Waals surface area contributed by atoms with Gasteiger partial charge in [0, 0.05) is 18.7 Å². The molecule has 1 aromatic heterocycles. The molecule has 26 heavy (non-hydrogen) atoms. The molecule has 1 unspecified atom stereocenters. The number of ether oxygens (including phenoxy) is 2. The van der Waals surface area contributed by atoms with E-state index < -0.39 is 12.6 Å². The second-order valence-corrected chi connectivity index (χ2v) is 5.89. The number of carboxylic acid groups (broad SMARTS) is 1. The number of carboxylic acids is 1. The van der Waals surface area contributed by atoms with E-state index in [9.17, 15) is 9.59 Å². The molecule has 0 radical (unpaired) electrons. The standard InChI is InChI=1S/C17H19N3O6/c1-24-13-4-2-11(3-5-13)16-18-19-17(26-16)12-6-7-20(8-12)14(21)9-25-10-15(22)23/h2-5,12H,6-10H2,1H3,(H,22,23). The first kappa shape index (κ1) is 17.9. The van der Waals surface area contributed by atoms with Crippen molar-refractivity contribution in [3.63, 3.8) is 0 Å². The van der Waals surface area contributed by atoms with Gasteiger partial charge in [0.25, 0.3) is 0 Å². The Morgan fingerprint density at radius 2 is 2.04 bits per heavy atom. The smallest absolute Gasteiger partial charge is 0.329 e. The lowest BCUT2D eigenvalue weighted by atomic mass is 10.1. The van der Waals surface area contributed by atoms with Gasteiger partial charge in [0.2, 0.25) is 17.7 Å². The number of likely N-dealkylation sites (tertiary alicyclic amines) is 1. The number of aromatic nitrogens is 2.